The molecule has 1 aromatic carbocycles. The van der Waals surface area contributed by atoms with Crippen LogP contribution < -0.4 is 10.5 Å². The van der Waals surface area contributed by atoms with E-state index in [4.69, 9.17) is 15.2 Å². The maximum Gasteiger partial charge on any atom is 0.189 e. The zero-order valence-corrected chi connectivity index (χ0v) is 6.75. The molecule has 3 heteroatoms. The number of rotatable bonds is 1. The Balaban J connectivity index is 2.36. The first-order valence-electron chi connectivity index (χ1n) is 3.92. The molecule has 2 rings (SSSR count). The molecule has 1 aromatic rings. The van der Waals surface area contributed by atoms with Crippen molar-refractivity contribution in [3.8, 4) is 5.75 Å². The highest BCUT2D eigenvalue weighted by Crippen LogP contribution is 2.23. The van der Waals surface area contributed by atoms with Gasteiger partial charge in [0.1, 0.15) is 5.75 Å². The van der Waals surface area contributed by atoms with Gasteiger partial charge in [0.25, 0.3) is 0 Å². The third kappa shape index (κ3) is 1.29. The van der Waals surface area contributed by atoms with Crippen molar-refractivity contribution in [3.63, 3.8) is 0 Å². The Morgan fingerprint density at radius 2 is 2.33 bits per heavy atom. The van der Waals surface area contributed by atoms with Gasteiger partial charge < -0.3 is 15.2 Å². The van der Waals surface area contributed by atoms with E-state index in [0.29, 0.717) is 19.9 Å². The summed E-state index contributed by atoms with van der Waals surface area (Å²) in [4.78, 5) is 0. The summed E-state index contributed by atoms with van der Waals surface area (Å²) in [5.74, 6) is 0.915. The maximum atomic E-state index is 5.50. The molecule has 0 amide bonds. The van der Waals surface area contributed by atoms with Crippen LogP contribution in [0.1, 0.15) is 11.1 Å². The van der Waals surface area contributed by atoms with Crippen LogP contribution in [-0.4, -0.2) is 6.79 Å². The zero-order chi connectivity index (χ0) is 8.39. The summed E-state index contributed by atoms with van der Waals surface area (Å²) in [6, 6.07) is 5.94. The molecule has 0 saturated heterocycles. The standard InChI is InChI=1S/C9H11NO2/c10-4-7-1-2-9-8(3-7)5-11-6-12-9/h1-3H,4-6,10H2. The number of hydrogen-bond acceptors (Lipinski definition) is 3. The van der Waals surface area contributed by atoms with Crippen molar-refractivity contribution in [2.24, 2.45) is 5.73 Å². The molecule has 1 aliphatic rings. The molecule has 2 N–H and O–H groups in total. The summed E-state index contributed by atoms with van der Waals surface area (Å²) < 4.78 is 10.4. The van der Waals surface area contributed by atoms with Crippen molar-refractivity contribution < 1.29 is 9.47 Å². The Labute approximate surface area is 71.1 Å². The van der Waals surface area contributed by atoms with E-state index >= 15 is 0 Å². The van der Waals surface area contributed by atoms with Gasteiger partial charge >= 0.3 is 0 Å². The molecule has 1 heterocycles. The number of fused-ring (bicyclic) bond motifs is 1. The first-order valence-corrected chi connectivity index (χ1v) is 3.92. The summed E-state index contributed by atoms with van der Waals surface area (Å²) in [5.41, 5.74) is 7.70. The van der Waals surface area contributed by atoms with Gasteiger partial charge in [-0.2, -0.15) is 0 Å². The number of nitrogens with two attached hydrogens (primary N) is 1. The SMILES string of the molecule is NCc1ccc2c(c1)COCO2. The van der Waals surface area contributed by atoms with Crippen LogP contribution in [0.5, 0.6) is 5.75 Å². The molecule has 0 aromatic heterocycles. The van der Waals surface area contributed by atoms with E-state index in [0.717, 1.165) is 16.9 Å². The predicted octanol–water partition coefficient (Wildman–Crippen LogP) is 1.01. The monoisotopic (exact) mass is 165 g/mol. The third-order valence-electron chi connectivity index (χ3n) is 1.92. The molecule has 3 nitrogen and oxygen atoms in total. The summed E-state index contributed by atoms with van der Waals surface area (Å²) in [5, 5.41) is 0. The minimum Gasteiger partial charge on any atom is -0.467 e. The van der Waals surface area contributed by atoms with Gasteiger partial charge in [0.2, 0.25) is 0 Å². The fourth-order valence-electron chi connectivity index (χ4n) is 1.27. The maximum absolute atomic E-state index is 5.50. The Bertz CT molecular complexity index is 286. The predicted molar refractivity (Wildman–Crippen MR) is 44.6 cm³/mol. The molecular formula is C9H11NO2. The summed E-state index contributed by atoms with van der Waals surface area (Å²) in [6.07, 6.45) is 0. The minimum atomic E-state index is 0.356. The van der Waals surface area contributed by atoms with Crippen LogP contribution in [0.25, 0.3) is 0 Å². The number of hydrogen-bond donors (Lipinski definition) is 1. The van der Waals surface area contributed by atoms with Crippen molar-refractivity contribution in [2.45, 2.75) is 13.2 Å². The molecular weight excluding hydrogens is 154 g/mol. The number of ether oxygens (including phenoxy) is 2. The summed E-state index contributed by atoms with van der Waals surface area (Å²) >= 11 is 0. The molecule has 0 fully saturated rings. The molecule has 0 saturated carbocycles. The highest BCUT2D eigenvalue weighted by Gasteiger charge is 2.09. The summed E-state index contributed by atoms with van der Waals surface area (Å²) in [6.45, 7) is 1.55. The topological polar surface area (TPSA) is 44.5 Å². The fraction of sp³-hybridized carbons (Fsp3) is 0.333. The lowest BCUT2D eigenvalue weighted by atomic mass is 10.1. The minimum absolute atomic E-state index is 0.356. The van der Waals surface area contributed by atoms with Crippen LogP contribution in [-0.2, 0) is 17.9 Å². The van der Waals surface area contributed by atoms with E-state index in [-0.39, 0.29) is 0 Å². The second-order valence-corrected chi connectivity index (χ2v) is 2.76. The lowest BCUT2D eigenvalue weighted by Gasteiger charge is -2.17. The molecule has 64 valence electrons. The molecule has 0 atom stereocenters. The highest BCUT2D eigenvalue weighted by molar-refractivity contribution is 5.37. The normalized spacial score (nSPS) is 15.1. The second kappa shape index (κ2) is 3.13. The Morgan fingerprint density at radius 1 is 1.42 bits per heavy atom. The molecule has 0 aliphatic carbocycles. The quantitative estimate of drug-likeness (QED) is 0.675. The number of benzene rings is 1. The van der Waals surface area contributed by atoms with Gasteiger partial charge in [-0.3, -0.25) is 0 Å². The van der Waals surface area contributed by atoms with E-state index in [2.05, 4.69) is 0 Å². The van der Waals surface area contributed by atoms with Gasteiger partial charge in [-0.15, -0.1) is 0 Å². The van der Waals surface area contributed by atoms with Crippen LogP contribution in [0, 0.1) is 0 Å². The van der Waals surface area contributed by atoms with Gasteiger partial charge in [-0.25, -0.2) is 0 Å². The van der Waals surface area contributed by atoms with E-state index in [9.17, 15) is 0 Å². The van der Waals surface area contributed by atoms with Crippen molar-refractivity contribution in [1.82, 2.24) is 0 Å². The van der Waals surface area contributed by atoms with Gasteiger partial charge in [0, 0.05) is 12.1 Å². The van der Waals surface area contributed by atoms with Gasteiger partial charge in [-0.1, -0.05) is 6.07 Å². The van der Waals surface area contributed by atoms with Crippen LogP contribution in [0.15, 0.2) is 18.2 Å². The van der Waals surface area contributed by atoms with Crippen LogP contribution in [0.2, 0.25) is 0 Å². The van der Waals surface area contributed by atoms with Crippen molar-refractivity contribution in [2.75, 3.05) is 6.79 Å². The van der Waals surface area contributed by atoms with E-state index in [1.807, 2.05) is 18.2 Å². The molecule has 1 aliphatic heterocycles. The average Bonchev–Trinajstić information content (AvgIpc) is 2.17. The fourth-order valence-corrected chi connectivity index (χ4v) is 1.27. The Kier molecular flexibility index (Phi) is 1.98. The zero-order valence-electron chi connectivity index (χ0n) is 6.75. The van der Waals surface area contributed by atoms with Crippen molar-refractivity contribution in [1.29, 1.82) is 0 Å². The molecule has 0 unspecified atom stereocenters. The highest BCUT2D eigenvalue weighted by atomic mass is 16.7. The van der Waals surface area contributed by atoms with Gasteiger partial charge in [0.15, 0.2) is 6.79 Å². The molecule has 0 spiro atoms. The molecule has 0 radical (unpaired) electrons. The van der Waals surface area contributed by atoms with Crippen LogP contribution in [0.3, 0.4) is 0 Å². The third-order valence-corrected chi connectivity index (χ3v) is 1.92. The molecule has 12 heavy (non-hydrogen) atoms. The largest absolute Gasteiger partial charge is 0.467 e. The Morgan fingerprint density at radius 3 is 3.17 bits per heavy atom. The smallest absolute Gasteiger partial charge is 0.189 e. The summed E-state index contributed by atoms with van der Waals surface area (Å²) in [7, 11) is 0. The second-order valence-electron chi connectivity index (χ2n) is 2.76. The molecule has 0 bridgehead atoms. The van der Waals surface area contributed by atoms with E-state index in [1.54, 1.807) is 0 Å². The average molecular weight is 165 g/mol. The first kappa shape index (κ1) is 7.58. The van der Waals surface area contributed by atoms with Crippen molar-refractivity contribution >= 4 is 0 Å². The van der Waals surface area contributed by atoms with E-state index in [1.165, 1.54) is 0 Å². The van der Waals surface area contributed by atoms with Gasteiger partial charge in [0.05, 0.1) is 6.61 Å². The van der Waals surface area contributed by atoms with Gasteiger partial charge in [-0.05, 0) is 17.7 Å². The Hall–Kier alpha value is -1.06. The lowest BCUT2D eigenvalue weighted by molar-refractivity contribution is -0.0164. The van der Waals surface area contributed by atoms with Crippen LogP contribution in [0.4, 0.5) is 0 Å². The van der Waals surface area contributed by atoms with Crippen molar-refractivity contribution in [3.05, 3.63) is 29.3 Å². The van der Waals surface area contributed by atoms with E-state index < -0.39 is 0 Å². The first-order chi connectivity index (χ1) is 5.90. The lowest BCUT2D eigenvalue weighted by Crippen LogP contribution is -2.11. The van der Waals surface area contributed by atoms with Crippen LogP contribution >= 0.6 is 0 Å².